The quantitative estimate of drug-likeness (QED) is 0.454. The van der Waals surface area contributed by atoms with E-state index in [1.165, 1.54) is 6.92 Å². The van der Waals surface area contributed by atoms with Gasteiger partial charge in [-0.1, -0.05) is 0 Å². The summed E-state index contributed by atoms with van der Waals surface area (Å²) in [6.07, 6.45) is -0.998. The number of carbonyl (C=O) groups excluding carboxylic acids is 1. The van der Waals surface area contributed by atoms with E-state index in [0.29, 0.717) is 13.1 Å². The van der Waals surface area contributed by atoms with Crippen LogP contribution in [0.1, 0.15) is 6.92 Å². The van der Waals surface area contributed by atoms with Gasteiger partial charge in [-0.2, -0.15) is 0 Å². The summed E-state index contributed by atoms with van der Waals surface area (Å²) in [5.74, 6) is -0.0880. The molecule has 3 N–H and O–H groups in total. The van der Waals surface area contributed by atoms with Crippen LogP contribution in [0.3, 0.4) is 0 Å². The second kappa shape index (κ2) is 3.66. The number of aliphatic hydroxyl groups excluding tert-OH is 1. The highest BCUT2D eigenvalue weighted by atomic mass is 16.6. The smallest absolute Gasteiger partial charge is 0.216 e. The van der Waals surface area contributed by atoms with Crippen molar-refractivity contribution in [2.75, 3.05) is 13.1 Å². The van der Waals surface area contributed by atoms with Crippen LogP contribution < -0.4 is 10.6 Å². The predicted octanol–water partition coefficient (Wildman–Crippen LogP) is -1.61. The fourth-order valence-corrected chi connectivity index (χ4v) is 0.889. The normalized spacial score (nSPS) is 30.4. The largest absolute Gasteiger partial charge is 0.356 e. The monoisotopic (exact) mass is 160 g/mol. The highest BCUT2D eigenvalue weighted by Crippen LogP contribution is 2.00. The van der Waals surface area contributed by atoms with Crippen LogP contribution in [0, 0.1) is 0 Å². The van der Waals surface area contributed by atoms with Crippen LogP contribution in [0.5, 0.6) is 0 Å². The lowest BCUT2D eigenvalue weighted by Gasteiger charge is -2.08. The first-order chi connectivity index (χ1) is 5.18. The zero-order valence-electron chi connectivity index (χ0n) is 6.33. The Bertz CT molecular complexity index is 151. The van der Waals surface area contributed by atoms with Crippen LogP contribution in [-0.2, 0) is 9.53 Å². The summed E-state index contributed by atoms with van der Waals surface area (Å²) in [5.41, 5.74) is 0. The Morgan fingerprint density at radius 3 is 3.09 bits per heavy atom. The fourth-order valence-electron chi connectivity index (χ4n) is 0.889. The topological polar surface area (TPSA) is 70.6 Å². The molecule has 0 aromatic heterocycles. The van der Waals surface area contributed by atoms with Crippen molar-refractivity contribution in [3.8, 4) is 0 Å². The minimum atomic E-state index is -0.881. The Kier molecular flexibility index (Phi) is 2.81. The van der Waals surface area contributed by atoms with Crippen LogP contribution in [-0.4, -0.2) is 36.6 Å². The molecule has 1 fully saturated rings. The van der Waals surface area contributed by atoms with Crippen LogP contribution >= 0.6 is 0 Å². The molecule has 1 saturated heterocycles. The van der Waals surface area contributed by atoms with Gasteiger partial charge in [0.25, 0.3) is 0 Å². The van der Waals surface area contributed by atoms with Gasteiger partial charge >= 0.3 is 0 Å². The molecule has 1 aliphatic rings. The maximum absolute atomic E-state index is 10.4. The summed E-state index contributed by atoms with van der Waals surface area (Å²) >= 11 is 0. The summed E-state index contributed by atoms with van der Waals surface area (Å²) in [5, 5.41) is 14.1. The third kappa shape index (κ3) is 2.83. The van der Waals surface area contributed by atoms with Crippen LogP contribution in [0.15, 0.2) is 0 Å². The molecule has 0 aromatic rings. The van der Waals surface area contributed by atoms with E-state index in [1.807, 2.05) is 0 Å². The van der Waals surface area contributed by atoms with Gasteiger partial charge in [0.2, 0.25) is 12.3 Å². The fraction of sp³-hybridized carbons (Fsp3) is 0.833. The molecule has 11 heavy (non-hydrogen) atoms. The SMILES string of the molecule is CC(=O)NC[C@H]1CNC(O)O1. The highest BCUT2D eigenvalue weighted by Gasteiger charge is 2.21. The van der Waals surface area contributed by atoms with E-state index in [4.69, 9.17) is 9.84 Å². The molecule has 5 heteroatoms. The van der Waals surface area contributed by atoms with Crippen molar-refractivity contribution < 1.29 is 14.6 Å². The summed E-state index contributed by atoms with van der Waals surface area (Å²) in [7, 11) is 0. The van der Waals surface area contributed by atoms with E-state index in [9.17, 15) is 4.79 Å². The van der Waals surface area contributed by atoms with E-state index in [0.717, 1.165) is 0 Å². The molecule has 0 aromatic carbocycles. The van der Waals surface area contributed by atoms with E-state index in [2.05, 4.69) is 10.6 Å². The maximum Gasteiger partial charge on any atom is 0.216 e. The van der Waals surface area contributed by atoms with Crippen molar-refractivity contribution in [1.82, 2.24) is 10.6 Å². The molecule has 0 radical (unpaired) electrons. The number of nitrogens with one attached hydrogen (secondary N) is 2. The molecule has 0 aliphatic carbocycles. The molecule has 2 atom stereocenters. The van der Waals surface area contributed by atoms with Crippen molar-refractivity contribution in [2.24, 2.45) is 0 Å². The molecule has 1 rings (SSSR count). The maximum atomic E-state index is 10.4. The zero-order chi connectivity index (χ0) is 8.27. The summed E-state index contributed by atoms with van der Waals surface area (Å²) < 4.78 is 4.94. The lowest BCUT2D eigenvalue weighted by atomic mass is 10.3. The van der Waals surface area contributed by atoms with E-state index >= 15 is 0 Å². The minimum Gasteiger partial charge on any atom is -0.356 e. The first-order valence-corrected chi connectivity index (χ1v) is 3.50. The molecule has 1 aliphatic heterocycles. The van der Waals surface area contributed by atoms with Gasteiger partial charge in [-0.25, -0.2) is 0 Å². The van der Waals surface area contributed by atoms with Crippen LogP contribution in [0.25, 0.3) is 0 Å². The summed E-state index contributed by atoms with van der Waals surface area (Å²) in [6.45, 7) is 2.46. The second-order valence-electron chi connectivity index (χ2n) is 2.46. The van der Waals surface area contributed by atoms with E-state index in [1.54, 1.807) is 0 Å². The Balaban J connectivity index is 2.13. The van der Waals surface area contributed by atoms with Gasteiger partial charge in [0.15, 0.2) is 0 Å². The van der Waals surface area contributed by atoms with E-state index in [-0.39, 0.29) is 12.0 Å². The van der Waals surface area contributed by atoms with Gasteiger partial charge in [-0.15, -0.1) is 0 Å². The average Bonchev–Trinajstić information content (AvgIpc) is 2.31. The number of rotatable bonds is 2. The molecule has 1 unspecified atom stereocenters. The molecule has 64 valence electrons. The van der Waals surface area contributed by atoms with Crippen LogP contribution in [0.2, 0.25) is 0 Å². The molecule has 5 nitrogen and oxygen atoms in total. The van der Waals surface area contributed by atoms with Crippen molar-refractivity contribution in [1.29, 1.82) is 0 Å². The van der Waals surface area contributed by atoms with Gasteiger partial charge in [-0.05, 0) is 0 Å². The molecule has 0 saturated carbocycles. The zero-order valence-corrected chi connectivity index (χ0v) is 6.33. The molecular weight excluding hydrogens is 148 g/mol. The Hall–Kier alpha value is -0.650. The number of hydrogen-bond acceptors (Lipinski definition) is 4. The Morgan fingerprint density at radius 2 is 2.64 bits per heavy atom. The molecule has 1 amide bonds. The minimum absolute atomic E-state index is 0.0880. The first-order valence-electron chi connectivity index (χ1n) is 3.50. The number of hydrogen-bond donors (Lipinski definition) is 3. The average molecular weight is 160 g/mol. The number of ether oxygens (including phenoxy) is 1. The van der Waals surface area contributed by atoms with Crippen molar-refractivity contribution in [2.45, 2.75) is 19.4 Å². The summed E-state index contributed by atoms with van der Waals surface area (Å²) in [6, 6.07) is 0. The molecule has 0 bridgehead atoms. The predicted molar refractivity (Wildman–Crippen MR) is 37.6 cm³/mol. The lowest BCUT2D eigenvalue weighted by molar-refractivity contribution is -0.122. The highest BCUT2D eigenvalue weighted by molar-refractivity contribution is 5.72. The number of amides is 1. The summed E-state index contributed by atoms with van der Waals surface area (Å²) in [4.78, 5) is 10.4. The van der Waals surface area contributed by atoms with Gasteiger partial charge < -0.3 is 15.2 Å². The van der Waals surface area contributed by atoms with Gasteiger partial charge in [0, 0.05) is 20.0 Å². The van der Waals surface area contributed by atoms with Gasteiger partial charge in [0.05, 0.1) is 6.10 Å². The Morgan fingerprint density at radius 1 is 1.91 bits per heavy atom. The molecular formula is C6H12N2O3. The van der Waals surface area contributed by atoms with E-state index < -0.39 is 6.41 Å². The lowest BCUT2D eigenvalue weighted by Crippen LogP contribution is -2.32. The molecule has 1 heterocycles. The van der Waals surface area contributed by atoms with Gasteiger partial charge in [-0.3, -0.25) is 10.1 Å². The third-order valence-corrected chi connectivity index (χ3v) is 1.42. The van der Waals surface area contributed by atoms with Crippen molar-refractivity contribution in [3.05, 3.63) is 0 Å². The van der Waals surface area contributed by atoms with Crippen molar-refractivity contribution >= 4 is 5.91 Å². The standard InChI is InChI=1S/C6H12N2O3/c1-4(9)7-2-5-3-8-6(10)11-5/h5-6,8,10H,2-3H2,1H3,(H,7,9)/t5-,6?/m0/s1. The first kappa shape index (κ1) is 8.45. The third-order valence-electron chi connectivity index (χ3n) is 1.42. The van der Waals surface area contributed by atoms with Crippen molar-refractivity contribution in [3.63, 3.8) is 0 Å². The second-order valence-corrected chi connectivity index (χ2v) is 2.46. The number of aliphatic hydroxyl groups is 1. The van der Waals surface area contributed by atoms with Gasteiger partial charge in [0.1, 0.15) is 0 Å². The number of carbonyl (C=O) groups is 1. The molecule has 0 spiro atoms. The Labute approximate surface area is 64.7 Å². The van der Waals surface area contributed by atoms with Crippen LogP contribution in [0.4, 0.5) is 0 Å².